The molecule has 0 bridgehead atoms. The number of hydrogen-bond donors (Lipinski definition) is 1. The highest BCUT2D eigenvalue weighted by molar-refractivity contribution is 9.10. The zero-order chi connectivity index (χ0) is 9.26. The molecule has 1 aliphatic heterocycles. The third-order valence-corrected chi connectivity index (χ3v) is 2.45. The van der Waals surface area contributed by atoms with Gasteiger partial charge in [0.05, 0.1) is 6.54 Å². The van der Waals surface area contributed by atoms with Crippen LogP contribution < -0.4 is 5.32 Å². The maximum atomic E-state index is 10.8. The van der Waals surface area contributed by atoms with Gasteiger partial charge >= 0.3 is 6.09 Å². The van der Waals surface area contributed by atoms with Gasteiger partial charge in [0, 0.05) is 4.47 Å². The van der Waals surface area contributed by atoms with Crippen molar-refractivity contribution in [2.45, 2.75) is 6.10 Å². The first kappa shape index (κ1) is 8.56. The molecule has 3 nitrogen and oxygen atoms in total. The van der Waals surface area contributed by atoms with Crippen LogP contribution in [0.4, 0.5) is 4.79 Å². The molecule has 1 atom stereocenters. The molecule has 1 aromatic carbocycles. The van der Waals surface area contributed by atoms with Crippen molar-refractivity contribution in [2.75, 3.05) is 6.54 Å². The fourth-order valence-electron chi connectivity index (χ4n) is 1.25. The van der Waals surface area contributed by atoms with Gasteiger partial charge in [0.25, 0.3) is 0 Å². The van der Waals surface area contributed by atoms with Gasteiger partial charge < -0.3 is 10.1 Å². The number of benzene rings is 1. The van der Waals surface area contributed by atoms with E-state index in [0.29, 0.717) is 6.54 Å². The van der Waals surface area contributed by atoms with E-state index < -0.39 is 0 Å². The lowest BCUT2D eigenvalue weighted by molar-refractivity contribution is 0.141. The molecule has 0 aliphatic carbocycles. The molecule has 1 amide bonds. The second-order valence-electron chi connectivity index (χ2n) is 2.83. The molecule has 1 aromatic rings. The molecule has 2 rings (SSSR count). The Kier molecular flexibility index (Phi) is 2.22. The van der Waals surface area contributed by atoms with Gasteiger partial charge in [0.1, 0.15) is 6.10 Å². The fraction of sp³-hybridized carbons (Fsp3) is 0.222. The number of ether oxygens (including phenoxy) is 1. The highest BCUT2D eigenvalue weighted by atomic mass is 79.9. The summed E-state index contributed by atoms with van der Waals surface area (Å²) >= 11 is 3.34. The van der Waals surface area contributed by atoms with E-state index in [4.69, 9.17) is 4.74 Å². The summed E-state index contributed by atoms with van der Waals surface area (Å²) in [6.07, 6.45) is -0.478. The topological polar surface area (TPSA) is 38.3 Å². The summed E-state index contributed by atoms with van der Waals surface area (Å²) in [7, 11) is 0. The Morgan fingerprint density at radius 2 is 2.08 bits per heavy atom. The summed E-state index contributed by atoms with van der Waals surface area (Å²) in [5.41, 5.74) is 1.02. The van der Waals surface area contributed by atoms with E-state index in [1.54, 1.807) is 0 Å². The molecule has 1 fully saturated rings. The molecule has 0 aromatic heterocycles. The summed E-state index contributed by atoms with van der Waals surface area (Å²) in [6, 6.07) is 7.74. The minimum absolute atomic E-state index is 0.138. The molecule has 68 valence electrons. The lowest BCUT2D eigenvalue weighted by Gasteiger charge is -2.06. The van der Waals surface area contributed by atoms with Crippen molar-refractivity contribution in [1.82, 2.24) is 5.32 Å². The van der Waals surface area contributed by atoms with Crippen LogP contribution in [0.5, 0.6) is 0 Å². The van der Waals surface area contributed by atoms with Crippen molar-refractivity contribution in [3.63, 3.8) is 0 Å². The number of nitrogens with one attached hydrogen (secondary N) is 1. The number of carbonyl (C=O) groups excluding carboxylic acids is 1. The number of cyclic esters (lactones) is 1. The van der Waals surface area contributed by atoms with Gasteiger partial charge in [-0.1, -0.05) is 28.1 Å². The van der Waals surface area contributed by atoms with Crippen LogP contribution in [0.3, 0.4) is 0 Å². The van der Waals surface area contributed by atoms with Gasteiger partial charge in [-0.05, 0) is 17.7 Å². The summed E-state index contributed by atoms with van der Waals surface area (Å²) in [6.45, 7) is 0.556. The van der Waals surface area contributed by atoms with Crippen LogP contribution in [0.2, 0.25) is 0 Å². The van der Waals surface area contributed by atoms with Gasteiger partial charge in [-0.3, -0.25) is 0 Å². The molecular weight excluding hydrogens is 234 g/mol. The second-order valence-corrected chi connectivity index (χ2v) is 3.74. The maximum Gasteiger partial charge on any atom is 0.407 e. The zero-order valence-electron chi connectivity index (χ0n) is 6.79. The van der Waals surface area contributed by atoms with E-state index in [1.165, 1.54) is 0 Å². The Bertz CT molecular complexity index is 323. The molecule has 0 radical (unpaired) electrons. The summed E-state index contributed by atoms with van der Waals surface area (Å²) in [4.78, 5) is 10.8. The number of carbonyl (C=O) groups is 1. The minimum Gasteiger partial charge on any atom is -0.439 e. The van der Waals surface area contributed by atoms with Crippen LogP contribution in [-0.2, 0) is 4.74 Å². The van der Waals surface area contributed by atoms with Crippen molar-refractivity contribution in [2.24, 2.45) is 0 Å². The van der Waals surface area contributed by atoms with Crippen LogP contribution in [-0.4, -0.2) is 12.6 Å². The Balaban J connectivity index is 2.17. The highest BCUT2D eigenvalue weighted by Gasteiger charge is 2.23. The minimum atomic E-state index is -0.340. The molecular formula is C9H8BrNO2. The van der Waals surface area contributed by atoms with Crippen molar-refractivity contribution in [3.8, 4) is 0 Å². The average Bonchev–Trinajstić information content (AvgIpc) is 2.53. The van der Waals surface area contributed by atoms with E-state index >= 15 is 0 Å². The van der Waals surface area contributed by atoms with E-state index in [9.17, 15) is 4.79 Å². The van der Waals surface area contributed by atoms with E-state index in [0.717, 1.165) is 10.0 Å². The first-order chi connectivity index (χ1) is 6.25. The van der Waals surface area contributed by atoms with Crippen molar-refractivity contribution in [1.29, 1.82) is 0 Å². The molecule has 1 unspecified atom stereocenters. The van der Waals surface area contributed by atoms with Crippen LogP contribution in [0.15, 0.2) is 28.7 Å². The normalized spacial score (nSPS) is 21.0. The summed E-state index contributed by atoms with van der Waals surface area (Å²) < 4.78 is 6.04. The quantitative estimate of drug-likeness (QED) is 0.819. The zero-order valence-corrected chi connectivity index (χ0v) is 8.37. The summed E-state index contributed by atoms with van der Waals surface area (Å²) in [5, 5.41) is 2.61. The largest absolute Gasteiger partial charge is 0.439 e. The molecule has 1 N–H and O–H groups in total. The first-order valence-corrected chi connectivity index (χ1v) is 4.75. The third-order valence-electron chi connectivity index (χ3n) is 1.92. The predicted octanol–water partition coefficient (Wildman–Crippen LogP) is 2.23. The van der Waals surface area contributed by atoms with Gasteiger partial charge in [-0.2, -0.15) is 0 Å². The van der Waals surface area contributed by atoms with E-state index in [2.05, 4.69) is 21.2 Å². The fourth-order valence-corrected chi connectivity index (χ4v) is 1.52. The molecule has 0 saturated carbocycles. The number of amides is 1. The predicted molar refractivity (Wildman–Crippen MR) is 51.4 cm³/mol. The van der Waals surface area contributed by atoms with Crippen LogP contribution >= 0.6 is 15.9 Å². The lowest BCUT2D eigenvalue weighted by Crippen LogP contribution is -2.12. The third kappa shape index (κ3) is 1.83. The molecule has 0 spiro atoms. The van der Waals surface area contributed by atoms with Crippen LogP contribution in [0, 0.1) is 0 Å². The van der Waals surface area contributed by atoms with Gasteiger partial charge in [0.15, 0.2) is 0 Å². The smallest absolute Gasteiger partial charge is 0.407 e. The standard InChI is InChI=1S/C9H8BrNO2/c10-7-3-1-6(2-4-7)8-5-11-9(12)13-8/h1-4,8H,5H2,(H,11,12). The average molecular weight is 242 g/mol. The first-order valence-electron chi connectivity index (χ1n) is 3.95. The lowest BCUT2D eigenvalue weighted by atomic mass is 10.1. The van der Waals surface area contributed by atoms with Crippen LogP contribution in [0.25, 0.3) is 0 Å². The van der Waals surface area contributed by atoms with E-state index in [-0.39, 0.29) is 12.2 Å². The van der Waals surface area contributed by atoms with Gasteiger partial charge in [-0.25, -0.2) is 4.79 Å². The number of hydrogen-bond acceptors (Lipinski definition) is 2. The Labute approximate surface area is 84.2 Å². The van der Waals surface area contributed by atoms with E-state index in [1.807, 2.05) is 24.3 Å². The monoisotopic (exact) mass is 241 g/mol. The maximum absolute atomic E-state index is 10.8. The Hall–Kier alpha value is -1.03. The number of rotatable bonds is 1. The highest BCUT2D eigenvalue weighted by Crippen LogP contribution is 2.22. The van der Waals surface area contributed by atoms with Crippen LogP contribution in [0.1, 0.15) is 11.7 Å². The summed E-state index contributed by atoms with van der Waals surface area (Å²) in [5.74, 6) is 0. The number of alkyl carbamates (subject to hydrolysis) is 1. The molecule has 13 heavy (non-hydrogen) atoms. The van der Waals surface area contributed by atoms with Gasteiger partial charge in [0.2, 0.25) is 0 Å². The van der Waals surface area contributed by atoms with Crippen molar-refractivity contribution >= 4 is 22.0 Å². The van der Waals surface area contributed by atoms with Crippen molar-refractivity contribution < 1.29 is 9.53 Å². The molecule has 1 saturated heterocycles. The van der Waals surface area contributed by atoms with Gasteiger partial charge in [-0.15, -0.1) is 0 Å². The second kappa shape index (κ2) is 3.38. The Morgan fingerprint density at radius 1 is 1.38 bits per heavy atom. The van der Waals surface area contributed by atoms with Crippen molar-refractivity contribution in [3.05, 3.63) is 34.3 Å². The molecule has 1 heterocycles. The Morgan fingerprint density at radius 3 is 2.62 bits per heavy atom. The molecule has 4 heteroatoms. The number of halogens is 1. The SMILES string of the molecule is O=C1NCC(c2ccc(Br)cc2)O1. The molecule has 1 aliphatic rings.